The molecule has 1 unspecified atom stereocenters. The normalized spacial score (nSPS) is 36.9. The smallest absolute Gasteiger partial charge is 0.159 e. The minimum absolute atomic E-state index is 0.102. The standard InChI is InChI=1S/C6H10FNO/c1-6(7)3-2-5(9)4-8-6/h8H,2-4H2,1H3. The van der Waals surface area contributed by atoms with E-state index in [9.17, 15) is 9.18 Å². The number of halogens is 1. The maximum atomic E-state index is 12.8. The van der Waals surface area contributed by atoms with Crippen LogP contribution in [0, 0.1) is 0 Å². The molecule has 1 rings (SSSR count). The Morgan fingerprint density at radius 1 is 1.78 bits per heavy atom. The summed E-state index contributed by atoms with van der Waals surface area (Å²) in [5.74, 6) is -1.21. The molecule has 52 valence electrons. The van der Waals surface area contributed by atoms with Crippen LogP contribution in [0.4, 0.5) is 4.39 Å². The van der Waals surface area contributed by atoms with Crippen molar-refractivity contribution in [2.24, 2.45) is 0 Å². The van der Waals surface area contributed by atoms with Gasteiger partial charge in [-0.15, -0.1) is 0 Å². The summed E-state index contributed by atoms with van der Waals surface area (Å²) in [5.41, 5.74) is 0. The van der Waals surface area contributed by atoms with Gasteiger partial charge in [0.05, 0.1) is 6.54 Å². The Balaban J connectivity index is 2.44. The Morgan fingerprint density at radius 2 is 2.44 bits per heavy atom. The molecule has 1 saturated heterocycles. The van der Waals surface area contributed by atoms with Crippen molar-refractivity contribution < 1.29 is 9.18 Å². The van der Waals surface area contributed by atoms with Crippen molar-refractivity contribution >= 4 is 5.78 Å². The van der Waals surface area contributed by atoms with Crippen molar-refractivity contribution in [3.8, 4) is 0 Å². The highest BCUT2D eigenvalue weighted by atomic mass is 19.1. The van der Waals surface area contributed by atoms with Crippen LogP contribution in [0.2, 0.25) is 0 Å². The summed E-state index contributed by atoms with van der Waals surface area (Å²) < 4.78 is 12.8. The summed E-state index contributed by atoms with van der Waals surface area (Å²) in [6.07, 6.45) is 0.686. The third-order valence-corrected chi connectivity index (χ3v) is 1.53. The van der Waals surface area contributed by atoms with E-state index >= 15 is 0 Å². The highest BCUT2D eigenvalue weighted by Crippen LogP contribution is 2.17. The van der Waals surface area contributed by atoms with Crippen LogP contribution in [-0.2, 0) is 4.79 Å². The lowest BCUT2D eigenvalue weighted by molar-refractivity contribution is -0.122. The van der Waals surface area contributed by atoms with E-state index in [1.165, 1.54) is 6.92 Å². The van der Waals surface area contributed by atoms with Crippen LogP contribution < -0.4 is 5.32 Å². The van der Waals surface area contributed by atoms with Gasteiger partial charge in [0.25, 0.3) is 0 Å². The van der Waals surface area contributed by atoms with Gasteiger partial charge in [0.15, 0.2) is 5.79 Å². The van der Waals surface area contributed by atoms with Crippen LogP contribution in [0.5, 0.6) is 0 Å². The number of alkyl halides is 1. The molecule has 0 spiro atoms. The summed E-state index contributed by atoms with van der Waals surface area (Å²) in [7, 11) is 0. The molecule has 3 heteroatoms. The van der Waals surface area contributed by atoms with Gasteiger partial charge in [-0.2, -0.15) is 0 Å². The van der Waals surface area contributed by atoms with E-state index in [1.807, 2.05) is 0 Å². The van der Waals surface area contributed by atoms with Gasteiger partial charge >= 0.3 is 0 Å². The fourth-order valence-corrected chi connectivity index (χ4v) is 0.834. The third-order valence-electron chi connectivity index (χ3n) is 1.53. The fourth-order valence-electron chi connectivity index (χ4n) is 0.834. The topological polar surface area (TPSA) is 29.1 Å². The monoisotopic (exact) mass is 131 g/mol. The third kappa shape index (κ3) is 1.75. The van der Waals surface area contributed by atoms with Crippen LogP contribution in [0.25, 0.3) is 0 Å². The molecule has 9 heavy (non-hydrogen) atoms. The zero-order valence-electron chi connectivity index (χ0n) is 5.41. The molecule has 0 aromatic heterocycles. The Morgan fingerprint density at radius 3 is 2.78 bits per heavy atom. The summed E-state index contributed by atoms with van der Waals surface area (Å²) >= 11 is 0. The summed E-state index contributed by atoms with van der Waals surface area (Å²) in [5, 5.41) is 2.49. The second-order valence-corrected chi connectivity index (χ2v) is 2.59. The van der Waals surface area contributed by atoms with Crippen LogP contribution in [0.3, 0.4) is 0 Å². The lowest BCUT2D eigenvalue weighted by Gasteiger charge is -2.25. The number of rotatable bonds is 0. The van der Waals surface area contributed by atoms with Crippen LogP contribution in [0.1, 0.15) is 19.8 Å². The number of carbonyl (C=O) groups excluding carboxylic acids is 1. The van der Waals surface area contributed by atoms with Gasteiger partial charge in [-0.1, -0.05) is 0 Å². The molecule has 1 aliphatic rings. The van der Waals surface area contributed by atoms with Crippen LogP contribution in [0.15, 0.2) is 0 Å². The molecule has 1 heterocycles. The lowest BCUT2D eigenvalue weighted by Crippen LogP contribution is -2.45. The molecule has 1 aliphatic heterocycles. The fraction of sp³-hybridized carbons (Fsp3) is 0.833. The van der Waals surface area contributed by atoms with E-state index in [4.69, 9.17) is 0 Å². The molecule has 0 aliphatic carbocycles. The van der Waals surface area contributed by atoms with E-state index in [-0.39, 0.29) is 12.3 Å². The highest BCUT2D eigenvalue weighted by molar-refractivity contribution is 5.81. The molecule has 0 aromatic rings. The molecular formula is C6H10FNO. The summed E-state index contributed by atoms with van der Waals surface area (Å²) in [6.45, 7) is 1.65. The first-order valence-corrected chi connectivity index (χ1v) is 3.06. The van der Waals surface area contributed by atoms with E-state index in [1.54, 1.807) is 0 Å². The van der Waals surface area contributed by atoms with Crippen molar-refractivity contribution in [3.05, 3.63) is 0 Å². The maximum absolute atomic E-state index is 12.8. The average molecular weight is 131 g/mol. The largest absolute Gasteiger partial charge is 0.298 e. The first kappa shape index (κ1) is 6.68. The number of carbonyl (C=O) groups is 1. The first-order valence-electron chi connectivity index (χ1n) is 3.06. The number of ketones is 1. The van der Waals surface area contributed by atoms with Crippen molar-refractivity contribution in [2.75, 3.05) is 6.54 Å². The lowest BCUT2D eigenvalue weighted by atomic mass is 10.0. The number of hydrogen-bond donors (Lipinski definition) is 1. The number of piperidine rings is 1. The molecule has 2 nitrogen and oxygen atoms in total. The van der Waals surface area contributed by atoms with Gasteiger partial charge in [0, 0.05) is 12.8 Å². The number of hydrogen-bond acceptors (Lipinski definition) is 2. The minimum Gasteiger partial charge on any atom is -0.298 e. The maximum Gasteiger partial charge on any atom is 0.159 e. The zero-order chi connectivity index (χ0) is 6.91. The molecule has 0 saturated carbocycles. The van der Waals surface area contributed by atoms with Gasteiger partial charge in [-0.25, -0.2) is 4.39 Å². The Hall–Kier alpha value is -0.440. The molecule has 1 atom stereocenters. The molecule has 0 amide bonds. The summed E-state index contributed by atoms with van der Waals surface area (Å²) in [6, 6.07) is 0. The van der Waals surface area contributed by atoms with Gasteiger partial charge in [0.1, 0.15) is 5.78 Å². The Bertz CT molecular complexity index is 121. The van der Waals surface area contributed by atoms with Gasteiger partial charge in [0.2, 0.25) is 0 Å². The Kier molecular flexibility index (Phi) is 1.53. The van der Waals surface area contributed by atoms with Crippen molar-refractivity contribution in [2.45, 2.75) is 25.6 Å². The first-order chi connectivity index (χ1) is 4.10. The van der Waals surface area contributed by atoms with E-state index in [2.05, 4.69) is 5.32 Å². The predicted octanol–water partition coefficient (Wildman–Crippen LogP) is 0.625. The second-order valence-electron chi connectivity index (χ2n) is 2.59. The van der Waals surface area contributed by atoms with E-state index in [0.29, 0.717) is 12.8 Å². The summed E-state index contributed by atoms with van der Waals surface area (Å²) in [4.78, 5) is 10.5. The van der Waals surface area contributed by atoms with E-state index < -0.39 is 5.79 Å². The van der Waals surface area contributed by atoms with Gasteiger partial charge < -0.3 is 0 Å². The molecule has 1 N–H and O–H groups in total. The van der Waals surface area contributed by atoms with Crippen LogP contribution >= 0.6 is 0 Å². The molecule has 0 aromatic carbocycles. The Labute approximate surface area is 53.4 Å². The minimum atomic E-state index is -1.31. The van der Waals surface area contributed by atoms with Crippen molar-refractivity contribution in [1.29, 1.82) is 0 Å². The second kappa shape index (κ2) is 2.06. The molecule has 1 fully saturated rings. The van der Waals surface area contributed by atoms with Crippen molar-refractivity contribution in [3.63, 3.8) is 0 Å². The van der Waals surface area contributed by atoms with Crippen LogP contribution in [-0.4, -0.2) is 18.1 Å². The predicted molar refractivity (Wildman–Crippen MR) is 31.8 cm³/mol. The van der Waals surface area contributed by atoms with E-state index in [0.717, 1.165) is 0 Å². The average Bonchev–Trinajstić information content (AvgIpc) is 1.78. The molecular weight excluding hydrogens is 121 g/mol. The van der Waals surface area contributed by atoms with Gasteiger partial charge in [-0.05, 0) is 6.92 Å². The van der Waals surface area contributed by atoms with Gasteiger partial charge in [-0.3, -0.25) is 10.1 Å². The molecule has 0 bridgehead atoms. The zero-order valence-corrected chi connectivity index (χ0v) is 5.41. The number of Topliss-reactive ketones (excluding diaryl/α,β-unsaturated/α-hetero) is 1. The highest BCUT2D eigenvalue weighted by Gasteiger charge is 2.28. The molecule has 0 radical (unpaired) electrons. The van der Waals surface area contributed by atoms with Crippen molar-refractivity contribution in [1.82, 2.24) is 5.32 Å². The SMILES string of the molecule is CC1(F)CCC(=O)CN1. The quantitative estimate of drug-likeness (QED) is 0.488. The number of nitrogens with one attached hydrogen (secondary N) is 1.